The van der Waals surface area contributed by atoms with Crippen LogP contribution in [0.2, 0.25) is 5.02 Å². The monoisotopic (exact) mass is 398 g/mol. The number of nitrogens with zero attached hydrogens (tertiary/aromatic N) is 1. The minimum atomic E-state index is -1.09. The van der Waals surface area contributed by atoms with E-state index in [-0.39, 0.29) is 6.79 Å². The molecule has 8 heteroatoms. The average molecular weight is 399 g/mol. The summed E-state index contributed by atoms with van der Waals surface area (Å²) in [7, 11) is 0. The van der Waals surface area contributed by atoms with Gasteiger partial charge < -0.3 is 20.1 Å². The molecule has 1 aromatic heterocycles. The van der Waals surface area contributed by atoms with Crippen LogP contribution in [-0.4, -0.2) is 13.0 Å². The second-order valence-corrected chi connectivity index (χ2v) is 7.56. The summed E-state index contributed by atoms with van der Waals surface area (Å²) in [6.45, 7) is 0.166. The average Bonchev–Trinajstić information content (AvgIpc) is 3.32. The van der Waals surface area contributed by atoms with E-state index in [9.17, 15) is 0 Å². The van der Waals surface area contributed by atoms with Crippen molar-refractivity contribution in [2.75, 3.05) is 12.1 Å². The molecule has 136 valence electrons. The highest BCUT2D eigenvalue weighted by atomic mass is 35.5. The van der Waals surface area contributed by atoms with Crippen molar-refractivity contribution in [3.63, 3.8) is 0 Å². The summed E-state index contributed by atoms with van der Waals surface area (Å²) in [5, 5.41) is 10.2. The predicted molar refractivity (Wildman–Crippen MR) is 109 cm³/mol. The first-order valence-corrected chi connectivity index (χ1v) is 9.54. The molecule has 27 heavy (non-hydrogen) atoms. The van der Waals surface area contributed by atoms with E-state index in [4.69, 9.17) is 26.8 Å². The summed E-state index contributed by atoms with van der Waals surface area (Å²) < 4.78 is 12.2. The number of allylic oxidation sites excluding steroid dienone is 1. The zero-order valence-corrected chi connectivity index (χ0v) is 15.6. The van der Waals surface area contributed by atoms with Gasteiger partial charge in [0.15, 0.2) is 11.5 Å². The minimum Gasteiger partial charge on any atom is -0.454 e. The summed E-state index contributed by atoms with van der Waals surface area (Å²) >= 11 is 8.04. The minimum absolute atomic E-state index is 0.166. The molecule has 3 aromatic rings. The van der Waals surface area contributed by atoms with Gasteiger partial charge in [-0.1, -0.05) is 17.7 Å². The van der Waals surface area contributed by atoms with Gasteiger partial charge in [-0.05, 0) is 47.2 Å². The first-order valence-electron chi connectivity index (χ1n) is 8.28. The van der Waals surface area contributed by atoms with Crippen LogP contribution in [0.25, 0.3) is 10.1 Å². The third-order valence-corrected chi connectivity index (χ3v) is 5.70. The van der Waals surface area contributed by atoms with Crippen LogP contribution in [0.4, 0.5) is 5.69 Å². The molecule has 2 aromatic carbocycles. The second-order valence-electron chi connectivity index (χ2n) is 6.20. The third kappa shape index (κ3) is 2.80. The summed E-state index contributed by atoms with van der Waals surface area (Å²) in [5.74, 6) is 0.794. The molecule has 1 atom stereocenters. The number of nitrogens with one attached hydrogen (secondary N) is 2. The molecule has 6 nitrogen and oxygen atoms in total. The number of thiophene rings is 1. The van der Waals surface area contributed by atoms with Crippen LogP contribution in [0.1, 0.15) is 5.56 Å². The van der Waals surface area contributed by atoms with Gasteiger partial charge >= 0.3 is 0 Å². The molecule has 5 rings (SSSR count). The molecule has 0 radical (unpaired) electrons. The molecule has 4 N–H and O–H groups in total. The number of anilines is 1. The fourth-order valence-corrected chi connectivity index (χ4v) is 4.10. The number of halogens is 1. The van der Waals surface area contributed by atoms with Gasteiger partial charge in [-0.3, -0.25) is 5.73 Å². The zero-order chi connectivity index (χ0) is 18.4. The van der Waals surface area contributed by atoms with Crippen LogP contribution in [0.15, 0.2) is 58.7 Å². The lowest BCUT2D eigenvalue weighted by molar-refractivity contribution is 0.174. The van der Waals surface area contributed by atoms with Crippen molar-refractivity contribution in [3.05, 3.63) is 64.3 Å². The van der Waals surface area contributed by atoms with Crippen molar-refractivity contribution < 1.29 is 9.47 Å². The Morgan fingerprint density at radius 2 is 2.15 bits per heavy atom. The van der Waals surface area contributed by atoms with Crippen molar-refractivity contribution in [3.8, 4) is 11.5 Å². The SMILES string of the molecule is NC1(c2ccc3sccc3c2)N=CC=C(Nc2c(Cl)ccc3c2OCO3)N1. The lowest BCUT2D eigenvalue weighted by Crippen LogP contribution is -2.51. The van der Waals surface area contributed by atoms with E-state index in [0.717, 1.165) is 10.9 Å². The molecule has 0 aliphatic carbocycles. The fraction of sp³-hybridized carbons (Fsp3) is 0.105. The smallest absolute Gasteiger partial charge is 0.231 e. The quantitative estimate of drug-likeness (QED) is 0.621. The maximum absolute atomic E-state index is 6.56. The van der Waals surface area contributed by atoms with Crippen LogP contribution in [0, 0.1) is 0 Å². The molecule has 0 saturated carbocycles. The van der Waals surface area contributed by atoms with E-state index in [2.05, 4.69) is 33.1 Å². The predicted octanol–water partition coefficient (Wildman–Crippen LogP) is 3.98. The highest BCUT2D eigenvalue weighted by Crippen LogP contribution is 2.44. The Balaban J connectivity index is 1.45. The van der Waals surface area contributed by atoms with Gasteiger partial charge in [0, 0.05) is 16.5 Å². The summed E-state index contributed by atoms with van der Waals surface area (Å²) in [6, 6.07) is 11.7. The number of hydrogen-bond acceptors (Lipinski definition) is 7. The van der Waals surface area contributed by atoms with Gasteiger partial charge in [0.1, 0.15) is 11.5 Å². The second kappa shape index (κ2) is 6.16. The molecule has 1 unspecified atom stereocenters. The van der Waals surface area contributed by atoms with E-state index in [0.29, 0.717) is 28.0 Å². The lowest BCUT2D eigenvalue weighted by Gasteiger charge is -2.32. The normalized spacial score (nSPS) is 20.4. The van der Waals surface area contributed by atoms with Crippen LogP contribution >= 0.6 is 22.9 Å². The van der Waals surface area contributed by atoms with Gasteiger partial charge in [-0.25, -0.2) is 4.99 Å². The van der Waals surface area contributed by atoms with E-state index in [1.54, 1.807) is 35.8 Å². The Morgan fingerprint density at radius 1 is 1.22 bits per heavy atom. The van der Waals surface area contributed by atoms with Crippen LogP contribution in [0.5, 0.6) is 11.5 Å². The maximum Gasteiger partial charge on any atom is 0.231 e. The fourth-order valence-electron chi connectivity index (χ4n) is 3.13. The molecular weight excluding hydrogens is 384 g/mol. The van der Waals surface area contributed by atoms with Crippen LogP contribution < -0.4 is 25.8 Å². The summed E-state index contributed by atoms with van der Waals surface area (Å²) in [5.41, 5.74) is 8.04. The van der Waals surface area contributed by atoms with Gasteiger partial charge in [0.05, 0.1) is 5.02 Å². The largest absolute Gasteiger partial charge is 0.454 e. The van der Waals surface area contributed by atoms with Gasteiger partial charge in [-0.2, -0.15) is 0 Å². The Bertz CT molecular complexity index is 1110. The number of aliphatic imine (C=N–C) groups is 1. The van der Waals surface area contributed by atoms with Crippen LogP contribution in [-0.2, 0) is 5.79 Å². The molecular formula is C19H15ClN4O2S. The Morgan fingerprint density at radius 3 is 3.07 bits per heavy atom. The summed E-state index contributed by atoms with van der Waals surface area (Å²) in [6.07, 6.45) is 3.46. The van der Waals surface area contributed by atoms with Gasteiger partial charge in [0.25, 0.3) is 0 Å². The van der Waals surface area contributed by atoms with Crippen molar-refractivity contribution in [1.82, 2.24) is 5.32 Å². The van der Waals surface area contributed by atoms with E-state index in [1.165, 1.54) is 4.70 Å². The third-order valence-electron chi connectivity index (χ3n) is 4.49. The molecule has 2 aliphatic rings. The number of benzene rings is 2. The molecule has 2 aliphatic heterocycles. The van der Waals surface area contributed by atoms with Gasteiger partial charge in [-0.15, -0.1) is 11.3 Å². The lowest BCUT2D eigenvalue weighted by atomic mass is 10.1. The molecule has 0 fully saturated rings. The number of hydrogen-bond donors (Lipinski definition) is 3. The standard InChI is InChI=1S/C19H15ClN4O2S/c20-13-2-3-14-18(26-10-25-14)17(13)23-16-5-7-22-19(21,24-16)12-1-4-15-11(9-12)6-8-27-15/h1-9,23-24H,10,21H2. The maximum atomic E-state index is 6.56. The van der Waals surface area contributed by atoms with Crippen molar-refractivity contribution >= 4 is 44.9 Å². The number of rotatable bonds is 3. The first-order chi connectivity index (χ1) is 13.1. The topological polar surface area (TPSA) is 80.9 Å². The molecule has 0 bridgehead atoms. The van der Waals surface area contributed by atoms with Crippen LogP contribution in [0.3, 0.4) is 0 Å². The zero-order valence-electron chi connectivity index (χ0n) is 14.0. The Labute approximate surface area is 164 Å². The van der Waals surface area contributed by atoms with Gasteiger partial charge in [0.2, 0.25) is 12.6 Å². The number of ether oxygens (including phenoxy) is 2. The Hall–Kier alpha value is -2.74. The van der Waals surface area contributed by atoms with Crippen molar-refractivity contribution in [2.45, 2.75) is 5.79 Å². The van der Waals surface area contributed by atoms with E-state index < -0.39 is 5.79 Å². The Kier molecular flexibility index (Phi) is 3.75. The number of fused-ring (bicyclic) bond motifs is 2. The number of nitrogens with two attached hydrogens (primary N) is 1. The van der Waals surface area contributed by atoms with Crippen molar-refractivity contribution in [2.24, 2.45) is 10.7 Å². The molecule has 0 spiro atoms. The molecule has 3 heterocycles. The summed E-state index contributed by atoms with van der Waals surface area (Å²) in [4.78, 5) is 4.45. The molecule has 0 saturated heterocycles. The van der Waals surface area contributed by atoms with E-state index >= 15 is 0 Å². The highest BCUT2D eigenvalue weighted by molar-refractivity contribution is 7.17. The highest BCUT2D eigenvalue weighted by Gasteiger charge is 2.30. The van der Waals surface area contributed by atoms with Crippen molar-refractivity contribution in [1.29, 1.82) is 0 Å². The molecule has 0 amide bonds. The first kappa shape index (κ1) is 16.4. The van der Waals surface area contributed by atoms with E-state index in [1.807, 2.05) is 12.1 Å².